The van der Waals surface area contributed by atoms with E-state index in [1.165, 1.54) is 33.5 Å². The van der Waals surface area contributed by atoms with Crippen LogP contribution in [0, 0.1) is 0 Å². The molecule has 0 aliphatic carbocycles. The summed E-state index contributed by atoms with van der Waals surface area (Å²) in [6.07, 6.45) is 0.792. The number of carbonyl (C=O) groups excluding carboxylic acids is 1. The van der Waals surface area contributed by atoms with Crippen molar-refractivity contribution in [1.29, 1.82) is 0 Å². The lowest BCUT2D eigenvalue weighted by Crippen LogP contribution is -2.03. The number of carbonyl (C=O) groups is 1. The van der Waals surface area contributed by atoms with Gasteiger partial charge in [-0.25, -0.2) is 0 Å². The van der Waals surface area contributed by atoms with Gasteiger partial charge in [0.2, 0.25) is 5.75 Å². The molecule has 0 aliphatic rings. The molecule has 0 aliphatic heterocycles. The molecule has 0 aromatic heterocycles. The van der Waals surface area contributed by atoms with Gasteiger partial charge in [0.1, 0.15) is 0 Å². The van der Waals surface area contributed by atoms with Crippen LogP contribution < -0.4 is 14.2 Å². The molecule has 1 aromatic carbocycles. The van der Waals surface area contributed by atoms with Crippen LogP contribution >= 0.6 is 0 Å². The summed E-state index contributed by atoms with van der Waals surface area (Å²) in [5.74, 6) is 0.655. The van der Waals surface area contributed by atoms with Gasteiger partial charge in [0.15, 0.2) is 11.5 Å². The molecule has 1 aromatic rings. The topological polar surface area (TPSA) is 81.2 Å². The van der Waals surface area contributed by atoms with Gasteiger partial charge >= 0.3 is 6.21 Å². The van der Waals surface area contributed by atoms with E-state index >= 15 is 0 Å². The fraction of sp³-hybridized carbons (Fsp3) is 0.273. The third-order valence-electron chi connectivity index (χ3n) is 2.12. The van der Waals surface area contributed by atoms with Crippen molar-refractivity contribution < 1.29 is 23.8 Å². The molecule has 0 saturated heterocycles. The Kier molecular flexibility index (Phi) is 4.25. The number of methoxy groups -OCH3 is 3. The smallest absolute Gasteiger partial charge is 0.328 e. The van der Waals surface area contributed by atoms with E-state index in [-0.39, 0.29) is 5.56 Å². The largest absolute Gasteiger partial charge is 0.493 e. The van der Waals surface area contributed by atoms with E-state index in [4.69, 9.17) is 19.7 Å². The van der Waals surface area contributed by atoms with Gasteiger partial charge in [-0.2, -0.15) is 4.79 Å². The van der Waals surface area contributed by atoms with Crippen LogP contribution in [0.1, 0.15) is 10.4 Å². The van der Waals surface area contributed by atoms with Gasteiger partial charge in [-0.15, -0.1) is 0 Å². The maximum Gasteiger partial charge on any atom is 0.328 e. The third kappa shape index (κ3) is 2.62. The van der Waals surface area contributed by atoms with Crippen molar-refractivity contribution >= 4 is 12.0 Å². The Morgan fingerprint density at radius 3 is 2.06 bits per heavy atom. The van der Waals surface area contributed by atoms with Crippen molar-refractivity contribution in [3.05, 3.63) is 23.2 Å². The van der Waals surface area contributed by atoms with Gasteiger partial charge in [-0.1, -0.05) is 0 Å². The Bertz CT molecular complexity index is 453. The highest BCUT2D eigenvalue weighted by molar-refractivity contribution is 6.33. The van der Waals surface area contributed by atoms with Crippen molar-refractivity contribution in [1.82, 2.24) is 0 Å². The number of ketones is 1. The van der Waals surface area contributed by atoms with E-state index in [0.717, 1.165) is 6.21 Å². The molecule has 90 valence electrons. The van der Waals surface area contributed by atoms with Crippen LogP contribution in [0.25, 0.3) is 5.53 Å². The van der Waals surface area contributed by atoms with E-state index in [9.17, 15) is 4.79 Å². The lowest BCUT2D eigenvalue weighted by Gasteiger charge is -2.12. The van der Waals surface area contributed by atoms with Gasteiger partial charge in [-0.3, -0.25) is 4.79 Å². The van der Waals surface area contributed by atoms with Crippen LogP contribution in [0.4, 0.5) is 0 Å². The predicted molar refractivity (Wildman–Crippen MR) is 60.1 cm³/mol. The van der Waals surface area contributed by atoms with Crippen molar-refractivity contribution in [2.24, 2.45) is 0 Å². The second-order valence-electron chi connectivity index (χ2n) is 3.02. The third-order valence-corrected chi connectivity index (χ3v) is 2.12. The maximum atomic E-state index is 11.5. The number of hydrogen-bond acceptors (Lipinski definition) is 4. The van der Waals surface area contributed by atoms with Crippen molar-refractivity contribution in [3.8, 4) is 17.2 Å². The fourth-order valence-corrected chi connectivity index (χ4v) is 1.35. The first-order valence-corrected chi connectivity index (χ1v) is 4.69. The lowest BCUT2D eigenvalue weighted by atomic mass is 10.1. The minimum Gasteiger partial charge on any atom is -0.493 e. The Balaban J connectivity index is 3.36. The molecule has 0 saturated carbocycles. The summed E-state index contributed by atoms with van der Waals surface area (Å²) in [5, 5.41) is 0. The standard InChI is InChI=1S/C11H12N2O4/c1-15-9-4-7(8(14)6-13-12)5-10(16-2)11(9)17-3/h4-6H,1-3H3. The zero-order chi connectivity index (χ0) is 12.8. The van der Waals surface area contributed by atoms with Crippen LogP contribution in [-0.4, -0.2) is 38.1 Å². The van der Waals surface area contributed by atoms with Crippen molar-refractivity contribution in [2.45, 2.75) is 0 Å². The summed E-state index contributed by atoms with van der Waals surface area (Å²) in [4.78, 5) is 14.2. The molecule has 0 bridgehead atoms. The number of benzene rings is 1. The quantitative estimate of drug-likeness (QED) is 0.333. The summed E-state index contributed by atoms with van der Waals surface area (Å²) >= 11 is 0. The second-order valence-corrected chi connectivity index (χ2v) is 3.02. The molecular formula is C11H12N2O4. The lowest BCUT2D eigenvalue weighted by molar-refractivity contribution is 0.00234. The van der Waals surface area contributed by atoms with E-state index in [1.807, 2.05) is 0 Å². The minimum absolute atomic E-state index is 0.275. The molecule has 6 nitrogen and oxygen atoms in total. The van der Waals surface area contributed by atoms with Crippen LogP contribution in [0.15, 0.2) is 12.1 Å². The molecule has 0 spiro atoms. The number of hydrogen-bond donors (Lipinski definition) is 0. The van der Waals surface area contributed by atoms with Crippen LogP contribution in [0.2, 0.25) is 0 Å². The highest BCUT2D eigenvalue weighted by Crippen LogP contribution is 2.38. The van der Waals surface area contributed by atoms with E-state index in [2.05, 4.69) is 4.79 Å². The molecule has 0 radical (unpaired) electrons. The maximum absolute atomic E-state index is 11.5. The fourth-order valence-electron chi connectivity index (χ4n) is 1.35. The Morgan fingerprint density at radius 1 is 1.18 bits per heavy atom. The number of Topliss-reactive ketones (excluding diaryl/α,β-unsaturated/α-hetero) is 1. The molecule has 17 heavy (non-hydrogen) atoms. The SMILES string of the molecule is COc1cc(C(=O)C=[N+]=[N-])cc(OC)c1OC. The average Bonchev–Trinajstić information content (AvgIpc) is 2.37. The van der Waals surface area contributed by atoms with E-state index in [0.29, 0.717) is 17.2 Å². The Morgan fingerprint density at radius 2 is 1.71 bits per heavy atom. The van der Waals surface area contributed by atoms with Gasteiger partial charge in [0, 0.05) is 5.56 Å². The van der Waals surface area contributed by atoms with Crippen LogP contribution in [0.3, 0.4) is 0 Å². The first kappa shape index (κ1) is 12.7. The summed E-state index contributed by atoms with van der Waals surface area (Å²) in [6.45, 7) is 0. The molecule has 0 heterocycles. The second kappa shape index (κ2) is 5.67. The number of nitrogens with zero attached hydrogens (tertiary/aromatic N) is 2. The van der Waals surface area contributed by atoms with Crippen molar-refractivity contribution in [3.63, 3.8) is 0 Å². The van der Waals surface area contributed by atoms with Crippen LogP contribution in [-0.2, 0) is 0 Å². The molecule has 0 N–H and O–H groups in total. The molecule has 0 amide bonds. The monoisotopic (exact) mass is 236 g/mol. The normalized spacial score (nSPS) is 9.12. The van der Waals surface area contributed by atoms with E-state index in [1.54, 1.807) is 0 Å². The summed E-state index contributed by atoms with van der Waals surface area (Å²) in [5.41, 5.74) is 8.59. The minimum atomic E-state index is -0.466. The molecule has 0 atom stereocenters. The molecule has 6 heteroatoms. The van der Waals surface area contributed by atoms with Crippen molar-refractivity contribution in [2.75, 3.05) is 21.3 Å². The number of rotatable bonds is 5. The Hall–Kier alpha value is -2.33. The van der Waals surface area contributed by atoms with Gasteiger partial charge in [-0.05, 0) is 12.1 Å². The summed E-state index contributed by atoms with van der Waals surface area (Å²) < 4.78 is 15.3. The van der Waals surface area contributed by atoms with Crippen LogP contribution in [0.5, 0.6) is 17.2 Å². The number of ether oxygens (including phenoxy) is 3. The highest BCUT2D eigenvalue weighted by Gasteiger charge is 2.17. The average molecular weight is 236 g/mol. The molecule has 0 fully saturated rings. The van der Waals surface area contributed by atoms with E-state index < -0.39 is 5.78 Å². The summed E-state index contributed by atoms with van der Waals surface area (Å²) in [7, 11) is 4.37. The predicted octanol–water partition coefficient (Wildman–Crippen LogP) is 1.20. The van der Waals surface area contributed by atoms with Gasteiger partial charge < -0.3 is 19.7 Å². The molecular weight excluding hydrogens is 224 g/mol. The zero-order valence-corrected chi connectivity index (χ0v) is 9.76. The molecule has 1 rings (SSSR count). The zero-order valence-electron chi connectivity index (χ0n) is 9.76. The molecule has 0 unspecified atom stereocenters. The first-order chi connectivity index (χ1) is 8.17. The highest BCUT2D eigenvalue weighted by atomic mass is 16.5. The van der Waals surface area contributed by atoms with Gasteiger partial charge in [0.05, 0.1) is 21.3 Å². The van der Waals surface area contributed by atoms with Gasteiger partial charge in [0.25, 0.3) is 5.78 Å². The Labute approximate surface area is 98.3 Å². The first-order valence-electron chi connectivity index (χ1n) is 4.69. The summed E-state index contributed by atoms with van der Waals surface area (Å²) in [6, 6.07) is 2.96.